The zero-order valence-electron chi connectivity index (χ0n) is 58.7. The first-order valence-electron chi connectivity index (χ1n) is 34.7. The van der Waals surface area contributed by atoms with E-state index in [1.165, 1.54) is 65.2 Å². The fraction of sp³-hybridized carbons (Fsp3) is 0.415. The number of nitrogens with zero attached hydrogens (tertiary/aromatic N) is 4. The van der Waals surface area contributed by atoms with Crippen LogP contribution in [0.1, 0.15) is 200 Å². The number of para-hydroxylation sites is 5. The van der Waals surface area contributed by atoms with Crippen LogP contribution in [0, 0.1) is 0 Å². The molecule has 0 aliphatic carbocycles. The van der Waals surface area contributed by atoms with Crippen molar-refractivity contribution in [2.24, 2.45) is 4.99 Å². The zero-order valence-corrected chi connectivity index (χ0v) is 63.3. The van der Waals surface area contributed by atoms with Crippen molar-refractivity contribution >= 4 is 84.8 Å². The Morgan fingerprint density at radius 3 is 1.45 bits per heavy atom. The summed E-state index contributed by atoms with van der Waals surface area (Å²) in [6, 6.07) is 45.7. The van der Waals surface area contributed by atoms with E-state index in [0.29, 0.717) is 19.6 Å². The Bertz CT molecular complexity index is 3450. The number of carbonyl (C=O) groups is 3. The Morgan fingerprint density at radius 1 is 0.495 bits per heavy atom. The van der Waals surface area contributed by atoms with Crippen molar-refractivity contribution in [3.05, 3.63) is 223 Å². The van der Waals surface area contributed by atoms with Gasteiger partial charge in [-0.2, -0.15) is 9.15 Å². The van der Waals surface area contributed by atoms with Gasteiger partial charge in [0.2, 0.25) is 11.4 Å². The Kier molecular flexibility index (Phi) is 41.2. The highest BCUT2D eigenvalue weighted by Crippen LogP contribution is 2.54. The van der Waals surface area contributed by atoms with Crippen LogP contribution in [-0.2, 0) is 30.6 Å². The maximum Gasteiger partial charge on any atom is 0.309 e. The van der Waals surface area contributed by atoms with E-state index in [2.05, 4.69) is 188 Å². The molecule has 0 spiro atoms. The molecule has 97 heavy (non-hydrogen) atoms. The molecule has 0 amide bonds. The maximum absolute atomic E-state index is 11.7. The van der Waals surface area contributed by atoms with E-state index in [1.54, 1.807) is 6.21 Å². The quantitative estimate of drug-likeness (QED) is 0.0102. The summed E-state index contributed by atoms with van der Waals surface area (Å²) in [4.78, 5) is 41.0. The molecule has 0 bridgehead atoms. The Balaban J connectivity index is 0.000000573. The number of nitrogens with one attached hydrogen (secondary N) is 1. The third-order valence-electron chi connectivity index (χ3n) is 18.5. The van der Waals surface area contributed by atoms with Crippen molar-refractivity contribution in [2.75, 3.05) is 29.9 Å². The third-order valence-corrected chi connectivity index (χ3v) is 18.5. The number of fused-ring (bicyclic) bond motifs is 3. The number of aliphatic imine (C=N–C) groups is 1. The van der Waals surface area contributed by atoms with Gasteiger partial charge in [-0.25, -0.2) is 0 Å². The van der Waals surface area contributed by atoms with Crippen LogP contribution >= 0.6 is 12.4 Å². The molecule has 0 fully saturated rings. The lowest BCUT2D eigenvalue weighted by atomic mass is 9.70. The van der Waals surface area contributed by atoms with Gasteiger partial charge in [-0.05, 0) is 92.6 Å². The van der Waals surface area contributed by atoms with Gasteiger partial charge in [0.15, 0.2) is 24.5 Å². The summed E-state index contributed by atoms with van der Waals surface area (Å²) in [6.45, 7) is 17.1. The first kappa shape index (κ1) is 86.2. The van der Waals surface area contributed by atoms with E-state index in [4.69, 9.17) is 5.11 Å². The molecule has 0 aromatic heterocycles. The van der Waals surface area contributed by atoms with Crippen LogP contribution in [0.4, 0.5) is 28.4 Å². The monoisotopic (exact) mass is 1510 g/mol. The van der Waals surface area contributed by atoms with Gasteiger partial charge < -0.3 is 66.5 Å². The van der Waals surface area contributed by atoms with Gasteiger partial charge in [-0.15, -0.1) is 12.4 Å². The summed E-state index contributed by atoms with van der Waals surface area (Å²) in [6.07, 6.45) is 44.8. The van der Waals surface area contributed by atoms with Crippen LogP contribution < -0.4 is 51.2 Å². The highest BCUT2D eigenvalue weighted by molar-refractivity contribution is 6.04. The van der Waals surface area contributed by atoms with Crippen LogP contribution in [0.2, 0.25) is 0 Å². The van der Waals surface area contributed by atoms with Crippen LogP contribution in [-0.4, -0.2) is 88.1 Å². The van der Waals surface area contributed by atoms with Gasteiger partial charge in [-0.3, -0.25) is 19.4 Å². The molecule has 5 aromatic carbocycles. The third kappa shape index (κ3) is 24.2. The van der Waals surface area contributed by atoms with Crippen molar-refractivity contribution in [1.82, 2.24) is 0 Å². The highest BCUT2D eigenvalue weighted by Gasteiger charge is 2.51. The number of halogens is 3. The average molecular weight is 1510 g/mol. The second-order valence-corrected chi connectivity index (χ2v) is 24.8. The molecule has 0 saturated heterocycles. The van der Waals surface area contributed by atoms with Crippen LogP contribution in [0.15, 0.2) is 211 Å². The fourth-order valence-electron chi connectivity index (χ4n) is 13.8. The first-order chi connectivity index (χ1) is 45.3. The van der Waals surface area contributed by atoms with Gasteiger partial charge in [0, 0.05) is 86.1 Å². The van der Waals surface area contributed by atoms with Crippen molar-refractivity contribution < 1.29 is 79.8 Å². The molecule has 3 aliphatic heterocycles. The second kappa shape index (κ2) is 46.4. The number of hydrogen-bond acceptors (Lipinski definition) is 6. The molecule has 3 heterocycles. The molecule has 11 nitrogen and oxygen atoms in total. The van der Waals surface area contributed by atoms with Crippen molar-refractivity contribution in [3.8, 4) is 0 Å². The maximum atomic E-state index is 11.7. The van der Waals surface area contributed by atoms with Gasteiger partial charge in [0.25, 0.3) is 0 Å². The molecule has 15 heteroatoms. The molecule has 521 valence electrons. The number of carboxylic acids is 3. The van der Waals surface area contributed by atoms with Crippen LogP contribution in [0.25, 0.3) is 0 Å². The van der Waals surface area contributed by atoms with Crippen molar-refractivity contribution in [2.45, 2.75) is 200 Å². The van der Waals surface area contributed by atoms with E-state index in [-0.39, 0.29) is 97.3 Å². The number of allylic oxidation sites excluding steroid dienone is 11. The minimum atomic E-state index is -0.783. The fourth-order valence-corrected chi connectivity index (χ4v) is 13.8. The number of rotatable bonds is 36. The van der Waals surface area contributed by atoms with E-state index in [9.17, 15) is 24.6 Å². The summed E-state index contributed by atoms with van der Waals surface area (Å²) in [5.41, 5.74) is 13.2. The molecular formula is C82H108BBrClIN5O6. The molecule has 8 rings (SSSR count). The van der Waals surface area contributed by atoms with Gasteiger partial charge in [0.1, 0.15) is 12.8 Å². The van der Waals surface area contributed by atoms with Crippen molar-refractivity contribution in [3.63, 3.8) is 0 Å². The number of unbranched alkanes of at least 4 members (excludes halogenated alkanes) is 6. The largest absolute Gasteiger partial charge is 1.00 e. The smallest absolute Gasteiger partial charge is 0.309 e. The molecule has 3 aliphatic rings. The summed E-state index contributed by atoms with van der Waals surface area (Å²) >= 11 is 0. The second-order valence-electron chi connectivity index (χ2n) is 24.8. The van der Waals surface area contributed by atoms with E-state index < -0.39 is 17.9 Å². The molecule has 0 unspecified atom stereocenters. The highest BCUT2D eigenvalue weighted by atomic mass is 127. The summed E-state index contributed by atoms with van der Waals surface area (Å²) in [5.74, 6) is -2.29. The number of carboxylic acid groups (broad SMARTS) is 3. The molecular weight excluding hydrogens is 1400 g/mol. The van der Waals surface area contributed by atoms with Crippen LogP contribution in [0.5, 0.6) is 0 Å². The van der Waals surface area contributed by atoms with Gasteiger partial charge in [-0.1, -0.05) is 246 Å². The minimum Gasteiger partial charge on any atom is -1.00 e. The molecule has 4 N–H and O–H groups in total. The predicted octanol–water partition coefficient (Wildman–Crippen LogP) is 14.6. The number of aliphatic carboxylic acids is 3. The van der Waals surface area contributed by atoms with Gasteiger partial charge in [0.05, 0.1) is 22.9 Å². The predicted molar refractivity (Wildman–Crippen MR) is 402 cm³/mol. The van der Waals surface area contributed by atoms with Crippen molar-refractivity contribution in [1.29, 1.82) is 0 Å². The Labute approximate surface area is 617 Å². The molecule has 0 atom stereocenters. The zero-order chi connectivity index (χ0) is 66.7. The standard InChI is InChI=1S/C45H60N2O4.C20H29NO2.C17H16N2.B.BrH.ClH.HI/c1-5-9-30-44(31-10-6-2)36-22-18-20-24-38(36)46(34-28-42(48)49)40(44)26-16-14-13-15-17-27-41-45(32-11-7-3,33-12-8-4)37-23-19-21-25-39(37)47(41)35-29-43(50)51;1-4-6-13-20(14-7-5-2)16(3)21(15-12-19(22)23)18-11-9-8-10-17(18)20;1-4-10-16(11-5-1)18-14-8-3-9-15-19-17-12-6-2-7-13-17;;;;/h13-27H,5-12,28-35H2,1-4H3,(H-,48,49,50,51);8-11H,4-7,12-15H2,1-3H3;1-15,18H;;3*1H/b;;9-3+,14-8+,19-15?;;;;. The van der Waals surface area contributed by atoms with Crippen LogP contribution in [0.3, 0.4) is 0 Å². The van der Waals surface area contributed by atoms with Gasteiger partial charge >= 0.3 is 17.9 Å². The average Bonchev–Trinajstić information content (AvgIpc) is 1.61. The Hall–Kier alpha value is -6.88. The lowest BCUT2D eigenvalue weighted by Crippen LogP contribution is -3.00. The summed E-state index contributed by atoms with van der Waals surface area (Å²) in [7, 11) is 0. The summed E-state index contributed by atoms with van der Waals surface area (Å²) < 4.78 is 4.52. The topological polar surface area (TPSA) is 146 Å². The molecule has 3 radical (unpaired) electrons. The molecule has 5 aromatic rings. The number of hydrogen-bond donors (Lipinski definition) is 4. The first-order valence-corrected chi connectivity index (χ1v) is 34.7. The van der Waals surface area contributed by atoms with E-state index in [0.717, 1.165) is 113 Å². The number of anilines is 2. The SMILES string of the molecule is C(/C=C/C=C/Nc1ccccc1)=Nc1ccccc1.CCCCC1(CCCC)C(/C=C/C=C/C=C/C=C2/N(CCC(=O)O)c3ccccc3C2(CCCC)CCCC)=[N+](CCC(=O)O)c2ccccc21.CCCCC1(CCCC)C(C)=[N+](CCC(=O)O)c2ccccc21.Cl.[B].[Br-].[I-]. The van der Waals surface area contributed by atoms with E-state index in [1.807, 2.05) is 85.1 Å². The minimum absolute atomic E-state index is 0. The lowest BCUT2D eigenvalue weighted by Gasteiger charge is -2.34. The summed E-state index contributed by atoms with van der Waals surface area (Å²) in [5, 5.41) is 31.5. The molecule has 0 saturated carbocycles. The lowest BCUT2D eigenvalue weighted by molar-refractivity contribution is -0.438. The Morgan fingerprint density at radius 2 is 0.918 bits per heavy atom. The number of benzene rings is 5. The van der Waals surface area contributed by atoms with E-state index >= 15 is 0 Å². The normalized spacial score (nSPS) is 15.0.